The van der Waals surface area contributed by atoms with Crippen LogP contribution in [-0.2, 0) is 6.54 Å². The van der Waals surface area contributed by atoms with Crippen molar-refractivity contribution in [3.05, 3.63) is 53.9 Å². The minimum atomic E-state index is -1.12. The molecule has 3 aromatic heterocycles. The van der Waals surface area contributed by atoms with Gasteiger partial charge in [0.25, 0.3) is 0 Å². The molecule has 28 heavy (non-hydrogen) atoms. The molecule has 8 nitrogen and oxygen atoms in total. The molecule has 4 rings (SSSR count). The highest BCUT2D eigenvalue weighted by Gasteiger charge is 2.17. The van der Waals surface area contributed by atoms with Crippen LogP contribution in [0.15, 0.2) is 42.6 Å². The van der Waals surface area contributed by atoms with E-state index in [2.05, 4.69) is 32.7 Å². The molecule has 0 spiro atoms. The van der Waals surface area contributed by atoms with Gasteiger partial charge in [-0.25, -0.2) is 9.78 Å². The van der Waals surface area contributed by atoms with Crippen LogP contribution in [0.4, 0.5) is 5.82 Å². The van der Waals surface area contributed by atoms with Crippen molar-refractivity contribution in [3.8, 4) is 28.6 Å². The van der Waals surface area contributed by atoms with Crippen LogP contribution in [0.25, 0.3) is 33.4 Å². The van der Waals surface area contributed by atoms with Crippen molar-refractivity contribution in [3.63, 3.8) is 0 Å². The molecule has 0 amide bonds. The predicted molar refractivity (Wildman–Crippen MR) is 105 cm³/mol. The molecule has 1 aromatic carbocycles. The summed E-state index contributed by atoms with van der Waals surface area (Å²) in [5.74, 6) is -1.05. The van der Waals surface area contributed by atoms with Crippen LogP contribution in [0.1, 0.15) is 23.0 Å². The Labute approximate surface area is 159 Å². The van der Waals surface area contributed by atoms with Crippen LogP contribution >= 0.6 is 0 Å². The third-order valence-electron chi connectivity index (χ3n) is 4.66. The van der Waals surface area contributed by atoms with Crippen molar-refractivity contribution in [1.82, 2.24) is 19.7 Å². The zero-order valence-electron chi connectivity index (χ0n) is 15.0. The number of aromatic amines is 1. The Morgan fingerprint density at radius 2 is 2.11 bits per heavy atom. The number of aryl methyl sites for hydroxylation is 1. The molecule has 0 saturated heterocycles. The lowest BCUT2D eigenvalue weighted by Gasteiger charge is -2.10. The van der Waals surface area contributed by atoms with Gasteiger partial charge in [-0.3, -0.25) is 5.10 Å². The highest BCUT2D eigenvalue weighted by Crippen LogP contribution is 2.32. The summed E-state index contributed by atoms with van der Waals surface area (Å²) in [6, 6.07) is 13.2. The van der Waals surface area contributed by atoms with E-state index in [0.717, 1.165) is 23.0 Å². The fourth-order valence-electron chi connectivity index (χ4n) is 3.23. The molecule has 3 heterocycles. The molecule has 0 bridgehead atoms. The first kappa shape index (κ1) is 17.3. The number of carboxylic acids is 1. The van der Waals surface area contributed by atoms with Crippen LogP contribution in [0.5, 0.6) is 0 Å². The van der Waals surface area contributed by atoms with Gasteiger partial charge in [0.1, 0.15) is 28.8 Å². The largest absolute Gasteiger partial charge is 0.477 e. The Kier molecular flexibility index (Phi) is 4.05. The van der Waals surface area contributed by atoms with E-state index in [1.165, 1.54) is 6.07 Å². The van der Waals surface area contributed by atoms with E-state index in [4.69, 9.17) is 10.8 Å². The third-order valence-corrected chi connectivity index (χ3v) is 4.66. The maximum absolute atomic E-state index is 11.1. The Morgan fingerprint density at radius 3 is 2.79 bits per heavy atom. The molecular weight excluding hydrogens is 356 g/mol. The number of nitrogens with zero attached hydrogens (tertiary/aromatic N) is 4. The van der Waals surface area contributed by atoms with Gasteiger partial charge in [0, 0.05) is 29.9 Å². The van der Waals surface area contributed by atoms with E-state index in [-0.39, 0.29) is 17.1 Å². The normalized spacial score (nSPS) is 10.9. The second kappa shape index (κ2) is 6.55. The van der Waals surface area contributed by atoms with E-state index in [9.17, 15) is 10.1 Å². The number of nitrogens with one attached hydrogen (secondary N) is 1. The van der Waals surface area contributed by atoms with Crippen LogP contribution < -0.4 is 5.73 Å². The number of fused-ring (bicyclic) bond motifs is 1. The fraction of sp³-hybridized carbons (Fsp3) is 0.100. The number of carboxylic acid groups (broad SMARTS) is 1. The number of nitriles is 1. The van der Waals surface area contributed by atoms with Crippen molar-refractivity contribution >= 4 is 22.7 Å². The van der Waals surface area contributed by atoms with Gasteiger partial charge < -0.3 is 15.4 Å². The van der Waals surface area contributed by atoms with E-state index >= 15 is 0 Å². The van der Waals surface area contributed by atoms with Crippen molar-refractivity contribution in [2.75, 3.05) is 5.73 Å². The number of hydrogen-bond donors (Lipinski definition) is 3. The number of rotatable bonds is 4. The lowest BCUT2D eigenvalue weighted by Crippen LogP contribution is -2.00. The topological polar surface area (TPSA) is 134 Å². The first-order chi connectivity index (χ1) is 13.5. The van der Waals surface area contributed by atoms with Crippen LogP contribution in [-0.4, -0.2) is 30.8 Å². The number of nitrogens with two attached hydrogens (primary N) is 1. The van der Waals surface area contributed by atoms with Gasteiger partial charge in [0.05, 0.1) is 5.69 Å². The first-order valence-electron chi connectivity index (χ1n) is 8.60. The summed E-state index contributed by atoms with van der Waals surface area (Å²) in [5, 5.41) is 26.2. The average Bonchev–Trinajstić information content (AvgIpc) is 3.34. The van der Waals surface area contributed by atoms with Gasteiger partial charge in [-0.15, -0.1) is 0 Å². The third kappa shape index (κ3) is 2.75. The molecule has 4 aromatic rings. The molecule has 0 atom stereocenters. The summed E-state index contributed by atoms with van der Waals surface area (Å²) in [6.07, 6.45) is 2.02. The molecule has 0 saturated carbocycles. The summed E-state index contributed by atoms with van der Waals surface area (Å²) in [6.45, 7) is 2.89. The van der Waals surface area contributed by atoms with Crippen molar-refractivity contribution in [2.24, 2.45) is 0 Å². The molecule has 0 fully saturated rings. The van der Waals surface area contributed by atoms with Gasteiger partial charge in [-0.1, -0.05) is 12.1 Å². The minimum Gasteiger partial charge on any atom is -0.477 e. The van der Waals surface area contributed by atoms with Crippen molar-refractivity contribution < 1.29 is 9.90 Å². The summed E-state index contributed by atoms with van der Waals surface area (Å²) in [5.41, 5.74) is 9.47. The van der Waals surface area contributed by atoms with E-state index in [1.54, 1.807) is 6.07 Å². The average molecular weight is 372 g/mol. The van der Waals surface area contributed by atoms with Gasteiger partial charge in [0.2, 0.25) is 0 Å². The number of pyridine rings is 1. The second-order valence-electron chi connectivity index (χ2n) is 6.27. The smallest absolute Gasteiger partial charge is 0.353 e. The summed E-state index contributed by atoms with van der Waals surface area (Å²) in [4.78, 5) is 15.3. The number of hydrogen-bond acceptors (Lipinski definition) is 5. The number of benzene rings is 1. The SMILES string of the molecule is CCn1ccc2ccc(-c3cc(-c4cc(C(=O)O)[nH]n4)nc(N)c3C#N)cc21. The van der Waals surface area contributed by atoms with Gasteiger partial charge in [0.15, 0.2) is 0 Å². The monoisotopic (exact) mass is 372 g/mol. The number of carbonyl (C=O) groups is 1. The minimum absolute atomic E-state index is 0.0523. The number of anilines is 1. The Balaban J connectivity index is 1.91. The zero-order valence-corrected chi connectivity index (χ0v) is 15.0. The van der Waals surface area contributed by atoms with E-state index in [1.807, 2.05) is 30.5 Å². The Bertz CT molecular complexity index is 1260. The molecule has 0 aliphatic rings. The lowest BCUT2D eigenvalue weighted by atomic mass is 9.98. The lowest BCUT2D eigenvalue weighted by molar-refractivity contribution is 0.0690. The molecular formula is C20H16N6O2. The van der Waals surface area contributed by atoms with Crippen LogP contribution in [0.2, 0.25) is 0 Å². The molecule has 0 unspecified atom stereocenters. The molecule has 0 aliphatic carbocycles. The first-order valence-corrected chi connectivity index (χ1v) is 8.60. The molecule has 4 N–H and O–H groups in total. The standard InChI is InChI=1S/C20H16N6O2/c1-2-26-6-5-11-3-4-12(7-18(11)26)13-8-15(23-19(22)14(13)10-21)16-9-17(20(27)28)25-24-16/h3-9H,2H2,1H3,(H2,22,23)(H,24,25)(H,27,28). The number of H-pyrrole nitrogens is 1. The van der Waals surface area contributed by atoms with Crippen molar-refractivity contribution in [2.45, 2.75) is 13.5 Å². The summed E-state index contributed by atoms with van der Waals surface area (Å²) < 4.78 is 2.11. The fourth-order valence-corrected chi connectivity index (χ4v) is 3.23. The highest BCUT2D eigenvalue weighted by molar-refractivity contribution is 5.89. The van der Waals surface area contributed by atoms with Gasteiger partial charge in [-0.2, -0.15) is 10.4 Å². The Hall–Kier alpha value is -4.12. The summed E-state index contributed by atoms with van der Waals surface area (Å²) >= 11 is 0. The number of nitrogen functional groups attached to an aromatic ring is 1. The van der Waals surface area contributed by atoms with Gasteiger partial charge in [-0.05, 0) is 36.1 Å². The van der Waals surface area contributed by atoms with E-state index in [0.29, 0.717) is 17.0 Å². The molecule has 0 radical (unpaired) electrons. The van der Waals surface area contributed by atoms with Crippen LogP contribution in [0, 0.1) is 11.3 Å². The molecule has 8 heteroatoms. The number of aromatic nitrogens is 4. The zero-order chi connectivity index (χ0) is 19.8. The second-order valence-corrected chi connectivity index (χ2v) is 6.27. The van der Waals surface area contributed by atoms with E-state index < -0.39 is 5.97 Å². The predicted octanol–water partition coefficient (Wildman–Crippen LogP) is 3.27. The Morgan fingerprint density at radius 1 is 1.29 bits per heavy atom. The molecule has 0 aliphatic heterocycles. The number of aromatic carboxylic acids is 1. The highest BCUT2D eigenvalue weighted by atomic mass is 16.4. The van der Waals surface area contributed by atoms with Crippen molar-refractivity contribution in [1.29, 1.82) is 5.26 Å². The quantitative estimate of drug-likeness (QED) is 0.503. The van der Waals surface area contributed by atoms with Crippen LogP contribution in [0.3, 0.4) is 0 Å². The maximum atomic E-state index is 11.1. The van der Waals surface area contributed by atoms with Gasteiger partial charge >= 0.3 is 5.97 Å². The maximum Gasteiger partial charge on any atom is 0.353 e. The summed E-state index contributed by atoms with van der Waals surface area (Å²) in [7, 11) is 0. The molecule has 138 valence electrons.